The number of nitrogens with one attached hydrogen (secondary N) is 1. The van der Waals surface area contributed by atoms with Crippen molar-refractivity contribution < 1.29 is 17.6 Å². The first-order chi connectivity index (χ1) is 7.42. The van der Waals surface area contributed by atoms with Gasteiger partial charge in [-0.2, -0.15) is 13.2 Å². The fourth-order valence-electron chi connectivity index (χ4n) is 1.35. The SMILES string of the molecule is CCc1ccc(C(C)NCCC(F)(F)F)o1. The summed E-state index contributed by atoms with van der Waals surface area (Å²) in [6.45, 7) is 3.66. The summed E-state index contributed by atoms with van der Waals surface area (Å²) in [6.07, 6.45) is -4.14. The molecule has 1 N–H and O–H groups in total. The Labute approximate surface area is 92.8 Å². The first kappa shape index (κ1) is 13.1. The van der Waals surface area contributed by atoms with Crippen molar-refractivity contribution in [2.75, 3.05) is 6.54 Å². The first-order valence-electron chi connectivity index (χ1n) is 5.31. The predicted octanol–water partition coefficient (Wildman–Crippen LogP) is 3.45. The van der Waals surface area contributed by atoms with Gasteiger partial charge in [0.25, 0.3) is 0 Å². The number of furan rings is 1. The standard InChI is InChI=1S/C11H16F3NO/c1-3-9-4-5-10(16-9)8(2)15-7-6-11(12,13)14/h4-5,8,15H,3,6-7H2,1-2H3. The van der Waals surface area contributed by atoms with Crippen LogP contribution < -0.4 is 5.32 Å². The fourth-order valence-corrected chi connectivity index (χ4v) is 1.35. The van der Waals surface area contributed by atoms with E-state index in [2.05, 4.69) is 5.32 Å². The molecule has 16 heavy (non-hydrogen) atoms. The number of aryl methyl sites for hydroxylation is 1. The molecule has 0 fully saturated rings. The normalized spacial score (nSPS) is 14.1. The van der Waals surface area contributed by atoms with Crippen LogP contribution in [-0.4, -0.2) is 12.7 Å². The molecule has 92 valence electrons. The summed E-state index contributed by atoms with van der Waals surface area (Å²) >= 11 is 0. The quantitative estimate of drug-likeness (QED) is 0.845. The highest BCUT2D eigenvalue weighted by molar-refractivity contribution is 5.10. The Morgan fingerprint density at radius 3 is 2.56 bits per heavy atom. The van der Waals surface area contributed by atoms with Crippen molar-refractivity contribution >= 4 is 0 Å². The van der Waals surface area contributed by atoms with Gasteiger partial charge in [-0.15, -0.1) is 0 Å². The number of rotatable bonds is 5. The van der Waals surface area contributed by atoms with Crippen molar-refractivity contribution in [3.05, 3.63) is 23.7 Å². The van der Waals surface area contributed by atoms with Gasteiger partial charge in [-0.3, -0.25) is 0 Å². The van der Waals surface area contributed by atoms with E-state index in [0.29, 0.717) is 5.76 Å². The van der Waals surface area contributed by atoms with Crippen LogP contribution in [0.25, 0.3) is 0 Å². The summed E-state index contributed by atoms with van der Waals surface area (Å²) in [5.41, 5.74) is 0. The molecule has 1 atom stereocenters. The zero-order valence-corrected chi connectivity index (χ0v) is 9.40. The van der Waals surface area contributed by atoms with Gasteiger partial charge in [0.05, 0.1) is 12.5 Å². The Kier molecular flexibility index (Phi) is 4.41. The molecule has 5 heteroatoms. The molecule has 1 rings (SSSR count). The number of halogens is 3. The number of alkyl halides is 3. The molecule has 1 aromatic heterocycles. The third-order valence-corrected chi connectivity index (χ3v) is 2.32. The minimum atomic E-state index is -4.11. The third-order valence-electron chi connectivity index (χ3n) is 2.32. The molecule has 0 saturated heterocycles. The summed E-state index contributed by atoms with van der Waals surface area (Å²) in [6, 6.07) is 3.45. The summed E-state index contributed by atoms with van der Waals surface area (Å²) in [5.74, 6) is 1.53. The summed E-state index contributed by atoms with van der Waals surface area (Å²) in [7, 11) is 0. The topological polar surface area (TPSA) is 25.2 Å². The van der Waals surface area contributed by atoms with Gasteiger partial charge in [-0.1, -0.05) is 6.92 Å². The first-order valence-corrected chi connectivity index (χ1v) is 5.31. The average Bonchev–Trinajstić information content (AvgIpc) is 2.63. The second-order valence-electron chi connectivity index (χ2n) is 3.70. The average molecular weight is 235 g/mol. The molecular formula is C11H16F3NO. The largest absolute Gasteiger partial charge is 0.464 e. The van der Waals surface area contributed by atoms with Crippen LogP contribution in [0.2, 0.25) is 0 Å². The van der Waals surface area contributed by atoms with Crippen LogP contribution in [-0.2, 0) is 6.42 Å². The van der Waals surface area contributed by atoms with E-state index < -0.39 is 12.6 Å². The van der Waals surface area contributed by atoms with Gasteiger partial charge in [-0.25, -0.2) is 0 Å². The number of hydrogen-bond acceptors (Lipinski definition) is 2. The molecule has 1 heterocycles. The lowest BCUT2D eigenvalue weighted by Crippen LogP contribution is -2.24. The van der Waals surface area contributed by atoms with E-state index in [1.165, 1.54) is 0 Å². The van der Waals surface area contributed by atoms with Crippen molar-refractivity contribution in [3.63, 3.8) is 0 Å². The smallest absolute Gasteiger partial charge is 0.390 e. The molecule has 2 nitrogen and oxygen atoms in total. The van der Waals surface area contributed by atoms with E-state index >= 15 is 0 Å². The van der Waals surface area contributed by atoms with E-state index in [1.807, 2.05) is 13.0 Å². The van der Waals surface area contributed by atoms with Crippen molar-refractivity contribution in [1.29, 1.82) is 0 Å². The molecule has 0 aliphatic rings. The van der Waals surface area contributed by atoms with Gasteiger partial charge in [0.15, 0.2) is 0 Å². The van der Waals surface area contributed by atoms with E-state index in [0.717, 1.165) is 12.2 Å². The second-order valence-corrected chi connectivity index (χ2v) is 3.70. The number of hydrogen-bond donors (Lipinski definition) is 1. The van der Waals surface area contributed by atoms with Crippen LogP contribution in [0.4, 0.5) is 13.2 Å². The lowest BCUT2D eigenvalue weighted by atomic mass is 10.2. The Morgan fingerprint density at radius 2 is 2.06 bits per heavy atom. The maximum atomic E-state index is 11.9. The van der Waals surface area contributed by atoms with Crippen LogP contribution in [0.5, 0.6) is 0 Å². The predicted molar refractivity (Wildman–Crippen MR) is 55.2 cm³/mol. The van der Waals surface area contributed by atoms with Gasteiger partial charge >= 0.3 is 6.18 Å². The van der Waals surface area contributed by atoms with Crippen molar-refractivity contribution in [2.45, 2.75) is 38.9 Å². The van der Waals surface area contributed by atoms with E-state index in [1.54, 1.807) is 13.0 Å². The Morgan fingerprint density at radius 1 is 1.38 bits per heavy atom. The zero-order valence-electron chi connectivity index (χ0n) is 9.40. The zero-order chi connectivity index (χ0) is 12.2. The maximum absolute atomic E-state index is 11.9. The highest BCUT2D eigenvalue weighted by atomic mass is 19.4. The van der Waals surface area contributed by atoms with Crippen molar-refractivity contribution in [3.8, 4) is 0 Å². The van der Waals surface area contributed by atoms with E-state index in [9.17, 15) is 13.2 Å². The van der Waals surface area contributed by atoms with Gasteiger partial charge in [0.2, 0.25) is 0 Å². The van der Waals surface area contributed by atoms with E-state index in [4.69, 9.17) is 4.42 Å². The Bertz CT molecular complexity index is 319. The summed E-state index contributed by atoms with van der Waals surface area (Å²) in [4.78, 5) is 0. The molecule has 0 amide bonds. The maximum Gasteiger partial charge on any atom is 0.390 e. The van der Waals surface area contributed by atoms with Crippen LogP contribution >= 0.6 is 0 Å². The molecule has 0 saturated carbocycles. The van der Waals surface area contributed by atoms with Crippen molar-refractivity contribution in [1.82, 2.24) is 5.32 Å². The molecule has 0 radical (unpaired) electrons. The molecule has 0 aliphatic heterocycles. The lowest BCUT2D eigenvalue weighted by Gasteiger charge is -2.12. The van der Waals surface area contributed by atoms with Gasteiger partial charge < -0.3 is 9.73 Å². The van der Waals surface area contributed by atoms with Crippen LogP contribution in [0.15, 0.2) is 16.5 Å². The highest BCUT2D eigenvalue weighted by Gasteiger charge is 2.26. The molecule has 0 spiro atoms. The summed E-state index contributed by atoms with van der Waals surface area (Å²) < 4.78 is 41.1. The van der Waals surface area contributed by atoms with Crippen LogP contribution in [0.1, 0.15) is 37.8 Å². The highest BCUT2D eigenvalue weighted by Crippen LogP contribution is 2.20. The Balaban J connectivity index is 2.37. The Hall–Kier alpha value is -0.970. The second kappa shape index (κ2) is 5.39. The van der Waals surface area contributed by atoms with Gasteiger partial charge in [0.1, 0.15) is 11.5 Å². The third kappa shape index (κ3) is 4.26. The summed E-state index contributed by atoms with van der Waals surface area (Å²) in [5, 5.41) is 2.78. The minimum absolute atomic E-state index is 0.0905. The van der Waals surface area contributed by atoms with Gasteiger partial charge in [0, 0.05) is 13.0 Å². The monoisotopic (exact) mass is 235 g/mol. The van der Waals surface area contributed by atoms with Crippen LogP contribution in [0, 0.1) is 0 Å². The molecular weight excluding hydrogens is 219 g/mol. The lowest BCUT2D eigenvalue weighted by molar-refractivity contribution is -0.133. The molecule has 1 aromatic rings. The molecule has 0 aromatic carbocycles. The fraction of sp³-hybridized carbons (Fsp3) is 0.636. The van der Waals surface area contributed by atoms with E-state index in [-0.39, 0.29) is 12.6 Å². The molecule has 0 aliphatic carbocycles. The van der Waals surface area contributed by atoms with Gasteiger partial charge in [-0.05, 0) is 19.1 Å². The van der Waals surface area contributed by atoms with Crippen molar-refractivity contribution in [2.24, 2.45) is 0 Å². The molecule has 0 bridgehead atoms. The molecule has 1 unspecified atom stereocenters. The minimum Gasteiger partial charge on any atom is -0.464 e. The van der Waals surface area contributed by atoms with Crippen LogP contribution in [0.3, 0.4) is 0 Å².